The van der Waals surface area contributed by atoms with E-state index in [0.29, 0.717) is 12.2 Å². The van der Waals surface area contributed by atoms with E-state index in [0.717, 1.165) is 11.9 Å². The Kier molecular flexibility index (Phi) is 3.01. The molecule has 1 saturated heterocycles. The molecule has 20 heavy (non-hydrogen) atoms. The van der Waals surface area contributed by atoms with Gasteiger partial charge in [0.1, 0.15) is 5.82 Å². The third-order valence-electron chi connectivity index (χ3n) is 3.63. The van der Waals surface area contributed by atoms with Crippen LogP contribution in [0.2, 0.25) is 0 Å². The Morgan fingerprint density at radius 1 is 1.40 bits per heavy atom. The van der Waals surface area contributed by atoms with Crippen molar-refractivity contribution in [2.75, 3.05) is 11.5 Å². The monoisotopic (exact) mass is 294 g/mol. The second kappa shape index (κ2) is 4.59. The summed E-state index contributed by atoms with van der Waals surface area (Å²) in [5.41, 5.74) is 0.934. The Bertz CT molecular complexity index is 779. The number of hydrogen-bond acceptors (Lipinski definition) is 4. The molecule has 1 atom stereocenters. The number of carboxylic acids is 1. The first kappa shape index (κ1) is 13.1. The van der Waals surface area contributed by atoms with Gasteiger partial charge in [0.25, 0.3) is 0 Å². The second-order valence-corrected chi connectivity index (χ2v) is 7.32. The number of carbonyl (C=O) groups is 1. The van der Waals surface area contributed by atoms with Gasteiger partial charge in [0.2, 0.25) is 0 Å². The third kappa shape index (κ3) is 2.29. The van der Waals surface area contributed by atoms with Crippen LogP contribution in [-0.4, -0.2) is 40.4 Å². The van der Waals surface area contributed by atoms with Crippen LogP contribution >= 0.6 is 0 Å². The van der Waals surface area contributed by atoms with Crippen LogP contribution in [0.25, 0.3) is 5.52 Å². The number of aromatic nitrogens is 2. The van der Waals surface area contributed by atoms with Gasteiger partial charge in [-0.2, -0.15) is 0 Å². The van der Waals surface area contributed by atoms with Crippen molar-refractivity contribution in [3.05, 3.63) is 35.9 Å². The summed E-state index contributed by atoms with van der Waals surface area (Å²) >= 11 is 0. The number of sulfone groups is 1. The number of rotatable bonds is 2. The van der Waals surface area contributed by atoms with E-state index >= 15 is 0 Å². The van der Waals surface area contributed by atoms with Crippen molar-refractivity contribution in [3.63, 3.8) is 0 Å². The smallest absolute Gasteiger partial charge is 0.337 e. The summed E-state index contributed by atoms with van der Waals surface area (Å²) in [6, 6.07) is 3.19. The minimum absolute atomic E-state index is 0.0867. The molecule has 2 aromatic heterocycles. The zero-order valence-corrected chi connectivity index (χ0v) is 11.5. The number of aromatic carboxylic acids is 1. The lowest BCUT2D eigenvalue weighted by atomic mass is 10.0. The SMILES string of the molecule is O=C(O)c1ccc2cnc(C3CCCS(=O)(=O)C3)n2c1. The Labute approximate surface area is 116 Å². The summed E-state index contributed by atoms with van der Waals surface area (Å²) in [5, 5.41) is 9.04. The van der Waals surface area contributed by atoms with E-state index in [9.17, 15) is 13.2 Å². The molecule has 0 amide bonds. The van der Waals surface area contributed by atoms with E-state index in [1.54, 1.807) is 16.7 Å². The number of imidazole rings is 1. The molecule has 3 rings (SSSR count). The lowest BCUT2D eigenvalue weighted by Gasteiger charge is -2.21. The Morgan fingerprint density at radius 2 is 2.20 bits per heavy atom. The van der Waals surface area contributed by atoms with Crippen molar-refractivity contribution in [2.45, 2.75) is 18.8 Å². The quantitative estimate of drug-likeness (QED) is 0.902. The molecule has 0 radical (unpaired) electrons. The molecule has 1 N–H and O–H groups in total. The molecular weight excluding hydrogens is 280 g/mol. The number of fused-ring (bicyclic) bond motifs is 1. The van der Waals surface area contributed by atoms with Crippen LogP contribution < -0.4 is 0 Å². The summed E-state index contributed by atoms with van der Waals surface area (Å²) in [7, 11) is -3.02. The lowest BCUT2D eigenvalue weighted by Crippen LogP contribution is -2.25. The fourth-order valence-electron chi connectivity index (χ4n) is 2.67. The largest absolute Gasteiger partial charge is 0.478 e. The van der Waals surface area contributed by atoms with Gasteiger partial charge in [-0.15, -0.1) is 0 Å². The summed E-state index contributed by atoms with van der Waals surface area (Å²) in [6.07, 6.45) is 4.53. The van der Waals surface area contributed by atoms with E-state index < -0.39 is 15.8 Å². The van der Waals surface area contributed by atoms with Crippen LogP contribution in [0, 0.1) is 0 Å². The van der Waals surface area contributed by atoms with Crippen molar-refractivity contribution in [1.29, 1.82) is 0 Å². The molecule has 7 heteroatoms. The Hall–Kier alpha value is -1.89. The molecule has 0 bridgehead atoms. The standard InChI is InChI=1S/C13H14N2O4S/c16-13(17)9-3-4-11-6-14-12(15(11)7-9)10-2-1-5-20(18,19)8-10/h3-4,6-7,10H,1-2,5,8H2,(H,16,17). The van der Waals surface area contributed by atoms with E-state index in [2.05, 4.69) is 4.98 Å². The highest BCUT2D eigenvalue weighted by Crippen LogP contribution is 2.28. The molecule has 0 aliphatic carbocycles. The lowest BCUT2D eigenvalue weighted by molar-refractivity contribution is 0.0696. The van der Waals surface area contributed by atoms with Crippen molar-refractivity contribution >= 4 is 21.3 Å². The van der Waals surface area contributed by atoms with Gasteiger partial charge in [0.05, 0.1) is 28.8 Å². The van der Waals surface area contributed by atoms with Gasteiger partial charge in [-0.25, -0.2) is 18.2 Å². The highest BCUT2D eigenvalue weighted by Gasteiger charge is 2.28. The van der Waals surface area contributed by atoms with Gasteiger partial charge in [0.15, 0.2) is 9.84 Å². The van der Waals surface area contributed by atoms with Crippen LogP contribution in [0.4, 0.5) is 0 Å². The number of hydrogen-bond donors (Lipinski definition) is 1. The first-order valence-corrected chi connectivity index (χ1v) is 8.19. The minimum Gasteiger partial charge on any atom is -0.478 e. The summed E-state index contributed by atoms with van der Waals surface area (Å²) < 4.78 is 25.2. The van der Waals surface area contributed by atoms with Crippen LogP contribution in [0.5, 0.6) is 0 Å². The van der Waals surface area contributed by atoms with Gasteiger partial charge in [0, 0.05) is 12.1 Å². The molecule has 6 nitrogen and oxygen atoms in total. The zero-order chi connectivity index (χ0) is 14.3. The average molecular weight is 294 g/mol. The van der Waals surface area contributed by atoms with E-state index in [1.807, 2.05) is 0 Å². The summed E-state index contributed by atoms with van der Waals surface area (Å²) in [6.45, 7) is 0. The van der Waals surface area contributed by atoms with E-state index in [1.165, 1.54) is 12.3 Å². The van der Waals surface area contributed by atoms with Crippen molar-refractivity contribution in [2.24, 2.45) is 0 Å². The van der Waals surface area contributed by atoms with Gasteiger partial charge in [-0.05, 0) is 25.0 Å². The molecule has 0 aromatic carbocycles. The molecular formula is C13H14N2O4S. The van der Waals surface area contributed by atoms with Crippen LogP contribution in [0.1, 0.15) is 34.9 Å². The molecule has 106 valence electrons. The number of nitrogens with zero attached hydrogens (tertiary/aromatic N) is 2. The van der Waals surface area contributed by atoms with Gasteiger partial charge >= 0.3 is 5.97 Å². The first-order valence-electron chi connectivity index (χ1n) is 6.37. The number of pyridine rings is 1. The predicted octanol–water partition coefficient (Wildman–Crippen LogP) is 1.32. The third-order valence-corrected chi connectivity index (χ3v) is 5.45. The highest BCUT2D eigenvalue weighted by atomic mass is 32.2. The predicted molar refractivity (Wildman–Crippen MR) is 72.8 cm³/mol. The van der Waals surface area contributed by atoms with Gasteiger partial charge in [-0.1, -0.05) is 0 Å². The van der Waals surface area contributed by atoms with Crippen LogP contribution in [0.15, 0.2) is 24.5 Å². The second-order valence-electron chi connectivity index (χ2n) is 5.09. The molecule has 0 spiro atoms. The summed E-state index contributed by atoms with van der Waals surface area (Å²) in [4.78, 5) is 15.3. The Morgan fingerprint density at radius 3 is 2.90 bits per heavy atom. The molecule has 3 heterocycles. The van der Waals surface area contributed by atoms with Crippen molar-refractivity contribution in [1.82, 2.24) is 9.38 Å². The van der Waals surface area contributed by atoms with Crippen molar-refractivity contribution in [3.8, 4) is 0 Å². The first-order chi connectivity index (χ1) is 9.46. The molecule has 0 saturated carbocycles. The summed E-state index contributed by atoms with van der Waals surface area (Å²) in [5.74, 6) is -0.231. The topological polar surface area (TPSA) is 88.7 Å². The van der Waals surface area contributed by atoms with Gasteiger partial charge < -0.3 is 9.51 Å². The number of carboxylic acid groups (broad SMARTS) is 1. The van der Waals surface area contributed by atoms with Crippen LogP contribution in [0.3, 0.4) is 0 Å². The fraction of sp³-hybridized carbons (Fsp3) is 0.385. The van der Waals surface area contributed by atoms with Gasteiger partial charge in [-0.3, -0.25) is 0 Å². The average Bonchev–Trinajstić information content (AvgIpc) is 2.80. The zero-order valence-electron chi connectivity index (χ0n) is 10.7. The molecule has 1 fully saturated rings. The maximum atomic E-state index is 11.7. The maximum absolute atomic E-state index is 11.7. The fourth-order valence-corrected chi connectivity index (χ4v) is 4.37. The maximum Gasteiger partial charge on any atom is 0.337 e. The molecule has 1 unspecified atom stereocenters. The normalized spacial score (nSPS) is 21.9. The van der Waals surface area contributed by atoms with E-state index in [-0.39, 0.29) is 23.0 Å². The molecule has 2 aromatic rings. The molecule has 1 aliphatic rings. The molecule has 1 aliphatic heterocycles. The highest BCUT2D eigenvalue weighted by molar-refractivity contribution is 7.91. The van der Waals surface area contributed by atoms with Crippen LogP contribution in [-0.2, 0) is 9.84 Å². The van der Waals surface area contributed by atoms with E-state index in [4.69, 9.17) is 5.11 Å². The minimum atomic E-state index is -3.02. The van der Waals surface area contributed by atoms with Crippen molar-refractivity contribution < 1.29 is 18.3 Å². The Balaban J connectivity index is 2.07.